The molecule has 5 heteroatoms. The Labute approximate surface area is 115 Å². The summed E-state index contributed by atoms with van der Waals surface area (Å²) in [5.41, 5.74) is 1.24. The molecule has 19 heavy (non-hydrogen) atoms. The van der Waals surface area contributed by atoms with Crippen molar-refractivity contribution in [1.29, 1.82) is 0 Å². The van der Waals surface area contributed by atoms with E-state index in [0.717, 1.165) is 39.1 Å². The lowest BCUT2D eigenvalue weighted by molar-refractivity contribution is -0.135. The summed E-state index contributed by atoms with van der Waals surface area (Å²) in [7, 11) is 1.90. The molecule has 1 aromatic heterocycles. The number of rotatable bonds is 5. The molecule has 0 aromatic carbocycles. The molecular formula is C14H24N4O. The highest BCUT2D eigenvalue weighted by Crippen LogP contribution is 2.06. The molecule has 1 aromatic rings. The average molecular weight is 264 g/mol. The van der Waals surface area contributed by atoms with Gasteiger partial charge in [0.15, 0.2) is 0 Å². The first-order chi connectivity index (χ1) is 9.18. The number of likely N-dealkylation sites (N-methyl/N-ethyl adjacent to an activating group) is 1. The maximum Gasteiger partial charge on any atom is 0.239 e. The van der Waals surface area contributed by atoms with Crippen LogP contribution in [0.3, 0.4) is 0 Å². The number of aromatic amines is 1. The fourth-order valence-electron chi connectivity index (χ4n) is 2.47. The van der Waals surface area contributed by atoms with E-state index in [0.29, 0.717) is 0 Å². The van der Waals surface area contributed by atoms with E-state index in [1.807, 2.05) is 31.3 Å². The molecule has 1 saturated heterocycles. The normalized spacial score (nSPS) is 18.2. The molecule has 0 bridgehead atoms. The van der Waals surface area contributed by atoms with Gasteiger partial charge in [0.25, 0.3) is 0 Å². The van der Waals surface area contributed by atoms with Gasteiger partial charge < -0.3 is 15.2 Å². The molecule has 0 aliphatic carbocycles. The molecule has 1 unspecified atom stereocenters. The third-order valence-corrected chi connectivity index (χ3v) is 3.83. The molecule has 1 aliphatic heterocycles. The van der Waals surface area contributed by atoms with E-state index >= 15 is 0 Å². The number of nitrogens with one attached hydrogen (secondary N) is 2. The molecule has 2 heterocycles. The van der Waals surface area contributed by atoms with Crippen molar-refractivity contribution >= 4 is 5.91 Å². The Hall–Kier alpha value is -1.33. The Morgan fingerprint density at radius 1 is 1.47 bits per heavy atom. The molecular weight excluding hydrogens is 240 g/mol. The Bertz CT molecular complexity index is 384. The number of carbonyl (C=O) groups excluding carboxylic acids is 1. The van der Waals surface area contributed by atoms with Crippen LogP contribution in [0.1, 0.15) is 12.5 Å². The minimum atomic E-state index is -0.0154. The summed E-state index contributed by atoms with van der Waals surface area (Å²) < 4.78 is 0. The summed E-state index contributed by atoms with van der Waals surface area (Å²) >= 11 is 0. The molecule has 0 saturated carbocycles. The maximum absolute atomic E-state index is 12.4. The summed E-state index contributed by atoms with van der Waals surface area (Å²) in [4.78, 5) is 19.5. The smallest absolute Gasteiger partial charge is 0.239 e. The molecule has 5 nitrogen and oxygen atoms in total. The van der Waals surface area contributed by atoms with Crippen LogP contribution in [0.5, 0.6) is 0 Å². The van der Waals surface area contributed by atoms with Gasteiger partial charge in [0.05, 0.1) is 6.04 Å². The Kier molecular flexibility index (Phi) is 4.99. The van der Waals surface area contributed by atoms with Gasteiger partial charge in [-0.15, -0.1) is 0 Å². The molecule has 1 fully saturated rings. The molecule has 0 radical (unpaired) electrons. The van der Waals surface area contributed by atoms with E-state index in [-0.39, 0.29) is 11.9 Å². The molecule has 1 aliphatic rings. The van der Waals surface area contributed by atoms with Crippen LogP contribution in [0.2, 0.25) is 0 Å². The van der Waals surface area contributed by atoms with E-state index in [1.54, 1.807) is 0 Å². The molecule has 2 rings (SSSR count). The van der Waals surface area contributed by atoms with Crippen molar-refractivity contribution in [3.05, 3.63) is 24.0 Å². The van der Waals surface area contributed by atoms with Crippen molar-refractivity contribution in [1.82, 2.24) is 20.1 Å². The first-order valence-electron chi connectivity index (χ1n) is 7.00. The number of carbonyl (C=O) groups is 1. The fraction of sp³-hybridized carbons (Fsp3) is 0.643. The van der Waals surface area contributed by atoms with Crippen LogP contribution in [-0.4, -0.2) is 66.5 Å². The Morgan fingerprint density at radius 3 is 2.84 bits per heavy atom. The molecule has 0 spiro atoms. The van der Waals surface area contributed by atoms with Crippen molar-refractivity contribution in [3.8, 4) is 0 Å². The first kappa shape index (κ1) is 14.1. The number of aromatic nitrogens is 1. The van der Waals surface area contributed by atoms with Crippen LogP contribution in [0.25, 0.3) is 0 Å². The molecule has 1 atom stereocenters. The van der Waals surface area contributed by atoms with Crippen LogP contribution < -0.4 is 5.32 Å². The van der Waals surface area contributed by atoms with Crippen molar-refractivity contribution in [2.75, 3.05) is 39.8 Å². The van der Waals surface area contributed by atoms with Crippen LogP contribution in [0.4, 0.5) is 0 Å². The Balaban J connectivity index is 1.80. The summed E-state index contributed by atoms with van der Waals surface area (Å²) in [6.45, 7) is 6.65. The topological polar surface area (TPSA) is 51.4 Å². The number of nitrogens with zero attached hydrogens (tertiary/aromatic N) is 2. The van der Waals surface area contributed by atoms with Gasteiger partial charge in [-0.05, 0) is 25.0 Å². The van der Waals surface area contributed by atoms with E-state index < -0.39 is 0 Å². The third-order valence-electron chi connectivity index (χ3n) is 3.83. The van der Waals surface area contributed by atoms with Gasteiger partial charge in [0.1, 0.15) is 0 Å². The molecule has 1 amide bonds. The van der Waals surface area contributed by atoms with E-state index in [9.17, 15) is 4.79 Å². The van der Waals surface area contributed by atoms with E-state index in [1.165, 1.54) is 5.56 Å². The lowest BCUT2D eigenvalue weighted by Crippen LogP contribution is -2.53. The van der Waals surface area contributed by atoms with Gasteiger partial charge in [-0.1, -0.05) is 0 Å². The average Bonchev–Trinajstić information content (AvgIpc) is 2.97. The predicted molar refractivity (Wildman–Crippen MR) is 76.0 cm³/mol. The maximum atomic E-state index is 12.4. The van der Waals surface area contributed by atoms with E-state index in [2.05, 4.69) is 21.3 Å². The number of amides is 1. The lowest BCUT2D eigenvalue weighted by atomic mass is 10.2. The largest absolute Gasteiger partial charge is 0.367 e. The highest BCUT2D eigenvalue weighted by atomic mass is 16.2. The highest BCUT2D eigenvalue weighted by Gasteiger charge is 2.24. The van der Waals surface area contributed by atoms with Crippen molar-refractivity contribution in [2.45, 2.75) is 19.4 Å². The number of piperazine rings is 1. The summed E-state index contributed by atoms with van der Waals surface area (Å²) in [6, 6.07) is 2.04. The standard InChI is InChI=1S/C14H24N4O/c1-12(18-9-6-15-7-10-18)14(19)17(2)8-4-13-3-5-16-11-13/h3,5,11-12,15-16H,4,6-10H2,1-2H3. The van der Waals surface area contributed by atoms with Gasteiger partial charge in [0, 0.05) is 52.2 Å². The predicted octanol–water partition coefficient (Wildman–Crippen LogP) is 0.309. The molecule has 2 N–H and O–H groups in total. The minimum absolute atomic E-state index is 0.0154. The second-order valence-corrected chi connectivity index (χ2v) is 5.19. The quantitative estimate of drug-likeness (QED) is 0.805. The lowest BCUT2D eigenvalue weighted by Gasteiger charge is -2.34. The number of hydrogen-bond acceptors (Lipinski definition) is 3. The van der Waals surface area contributed by atoms with Crippen molar-refractivity contribution in [3.63, 3.8) is 0 Å². The fourth-order valence-corrected chi connectivity index (χ4v) is 2.47. The van der Waals surface area contributed by atoms with Gasteiger partial charge >= 0.3 is 0 Å². The van der Waals surface area contributed by atoms with Crippen molar-refractivity contribution < 1.29 is 4.79 Å². The molecule has 106 valence electrons. The second-order valence-electron chi connectivity index (χ2n) is 5.19. The second kappa shape index (κ2) is 6.73. The van der Waals surface area contributed by atoms with Gasteiger partial charge in [0.2, 0.25) is 5.91 Å². The summed E-state index contributed by atoms with van der Waals surface area (Å²) in [5.74, 6) is 0.220. The van der Waals surface area contributed by atoms with Crippen LogP contribution >= 0.6 is 0 Å². The van der Waals surface area contributed by atoms with E-state index in [4.69, 9.17) is 0 Å². The van der Waals surface area contributed by atoms with Gasteiger partial charge in [-0.25, -0.2) is 0 Å². The zero-order valence-corrected chi connectivity index (χ0v) is 11.9. The van der Waals surface area contributed by atoms with Crippen LogP contribution in [-0.2, 0) is 11.2 Å². The van der Waals surface area contributed by atoms with Gasteiger partial charge in [-0.2, -0.15) is 0 Å². The summed E-state index contributed by atoms with van der Waals surface area (Å²) in [5, 5.41) is 3.31. The first-order valence-corrected chi connectivity index (χ1v) is 7.00. The SMILES string of the molecule is CC(C(=O)N(C)CCc1cc[nH]c1)N1CCNCC1. The monoisotopic (exact) mass is 264 g/mol. The Morgan fingerprint density at radius 2 is 2.21 bits per heavy atom. The number of hydrogen-bond donors (Lipinski definition) is 2. The summed E-state index contributed by atoms with van der Waals surface area (Å²) in [6.07, 6.45) is 4.80. The van der Waals surface area contributed by atoms with Gasteiger partial charge in [-0.3, -0.25) is 9.69 Å². The number of H-pyrrole nitrogens is 1. The highest BCUT2D eigenvalue weighted by molar-refractivity contribution is 5.81. The zero-order valence-electron chi connectivity index (χ0n) is 11.9. The van der Waals surface area contributed by atoms with Crippen LogP contribution in [0.15, 0.2) is 18.5 Å². The van der Waals surface area contributed by atoms with Crippen LogP contribution in [0, 0.1) is 0 Å². The zero-order chi connectivity index (χ0) is 13.7. The minimum Gasteiger partial charge on any atom is -0.367 e. The third kappa shape index (κ3) is 3.81. The van der Waals surface area contributed by atoms with Crippen molar-refractivity contribution in [2.24, 2.45) is 0 Å².